The van der Waals surface area contributed by atoms with E-state index in [-0.39, 0.29) is 17.1 Å². The highest BCUT2D eigenvalue weighted by Crippen LogP contribution is 2.30. The smallest absolute Gasteiger partial charge is 0.283 e. The lowest BCUT2D eigenvalue weighted by Gasteiger charge is -2.05. The summed E-state index contributed by atoms with van der Waals surface area (Å²) in [6, 6.07) is 13.8. The number of rotatable bonds is 3. The average Bonchev–Trinajstić information content (AvgIpc) is 3.07. The van der Waals surface area contributed by atoms with Crippen molar-refractivity contribution in [3.8, 4) is 22.6 Å². The van der Waals surface area contributed by atoms with Crippen LogP contribution in [0.3, 0.4) is 0 Å². The second kappa shape index (κ2) is 6.69. The van der Waals surface area contributed by atoms with Crippen molar-refractivity contribution in [3.05, 3.63) is 75.7 Å². The van der Waals surface area contributed by atoms with Gasteiger partial charge in [-0.15, -0.1) is 11.3 Å². The fourth-order valence-corrected chi connectivity index (χ4v) is 3.79. The Morgan fingerprint density at radius 1 is 1.15 bits per heavy atom. The zero-order chi connectivity index (χ0) is 19.0. The summed E-state index contributed by atoms with van der Waals surface area (Å²) in [5.41, 5.74) is 1.88. The summed E-state index contributed by atoms with van der Waals surface area (Å²) < 4.78 is 1.22. The molecule has 27 heavy (non-hydrogen) atoms. The zero-order valence-electron chi connectivity index (χ0n) is 14.3. The highest BCUT2D eigenvalue weighted by molar-refractivity contribution is 7.17. The van der Waals surface area contributed by atoms with Crippen molar-refractivity contribution in [3.63, 3.8) is 0 Å². The monoisotopic (exact) mass is 377 g/mol. The molecule has 0 bridgehead atoms. The van der Waals surface area contributed by atoms with Crippen molar-refractivity contribution < 1.29 is 10.2 Å². The van der Waals surface area contributed by atoms with E-state index in [0.717, 1.165) is 11.1 Å². The number of aromatic hydroxyl groups is 2. The predicted octanol–water partition coefficient (Wildman–Crippen LogP) is 3.73. The van der Waals surface area contributed by atoms with E-state index in [1.165, 1.54) is 40.4 Å². The van der Waals surface area contributed by atoms with Gasteiger partial charge in [-0.25, -0.2) is 4.98 Å². The molecule has 0 fully saturated rings. The lowest BCUT2D eigenvalue weighted by molar-refractivity contribution is 0.450. The van der Waals surface area contributed by atoms with Crippen molar-refractivity contribution in [2.75, 3.05) is 0 Å². The van der Waals surface area contributed by atoms with E-state index in [2.05, 4.69) is 10.1 Å². The summed E-state index contributed by atoms with van der Waals surface area (Å²) >= 11 is 1.42. The third-order valence-corrected chi connectivity index (χ3v) is 5.03. The normalized spacial score (nSPS) is 11.4. The first-order chi connectivity index (χ1) is 13.0. The zero-order valence-corrected chi connectivity index (χ0v) is 15.1. The number of nitrogens with zero attached hydrogens (tertiary/aromatic N) is 3. The van der Waals surface area contributed by atoms with E-state index in [1.807, 2.05) is 35.7 Å². The third kappa shape index (κ3) is 3.09. The van der Waals surface area contributed by atoms with Gasteiger partial charge >= 0.3 is 0 Å². The van der Waals surface area contributed by atoms with Crippen LogP contribution in [0.1, 0.15) is 11.4 Å². The topological polar surface area (TPSA) is 87.7 Å². The van der Waals surface area contributed by atoms with Crippen LogP contribution in [0, 0.1) is 6.92 Å². The van der Waals surface area contributed by atoms with Gasteiger partial charge in [0.2, 0.25) is 0 Å². The molecular weight excluding hydrogens is 362 g/mol. The minimum Gasteiger partial charge on any atom is -0.508 e. The van der Waals surface area contributed by atoms with Gasteiger partial charge in [0, 0.05) is 22.6 Å². The number of hydrogen-bond acceptors (Lipinski definition) is 6. The van der Waals surface area contributed by atoms with Gasteiger partial charge in [-0.3, -0.25) is 4.79 Å². The number of thiophene rings is 1. The average molecular weight is 377 g/mol. The maximum Gasteiger partial charge on any atom is 0.283 e. The highest BCUT2D eigenvalue weighted by atomic mass is 32.1. The molecule has 2 N–H and O–H groups in total. The molecule has 2 aromatic heterocycles. The van der Waals surface area contributed by atoms with Crippen LogP contribution in [0.25, 0.3) is 21.3 Å². The molecular formula is C20H15N3O3S. The molecule has 2 aromatic carbocycles. The second-order valence-electron chi connectivity index (χ2n) is 5.96. The number of benzene rings is 2. The number of phenolic OH excluding ortho intramolecular Hbond substituents is 2. The third-order valence-electron chi connectivity index (χ3n) is 4.16. The maximum absolute atomic E-state index is 13.1. The molecule has 4 rings (SSSR count). The van der Waals surface area contributed by atoms with Gasteiger partial charge in [-0.1, -0.05) is 30.3 Å². The summed E-state index contributed by atoms with van der Waals surface area (Å²) in [5, 5.41) is 25.9. The molecule has 0 radical (unpaired) electrons. The van der Waals surface area contributed by atoms with E-state index in [4.69, 9.17) is 0 Å². The number of phenols is 2. The summed E-state index contributed by atoms with van der Waals surface area (Å²) in [6.45, 7) is 1.71. The first kappa shape index (κ1) is 17.0. The van der Waals surface area contributed by atoms with Crippen LogP contribution in [-0.4, -0.2) is 26.1 Å². The van der Waals surface area contributed by atoms with Gasteiger partial charge in [0.05, 0.1) is 11.6 Å². The van der Waals surface area contributed by atoms with Gasteiger partial charge in [0.15, 0.2) is 0 Å². The van der Waals surface area contributed by atoms with Gasteiger partial charge in [0.25, 0.3) is 5.56 Å². The molecule has 0 aliphatic rings. The number of hydrogen-bond donors (Lipinski definition) is 2. The molecule has 0 spiro atoms. The molecule has 0 amide bonds. The summed E-state index contributed by atoms with van der Waals surface area (Å²) in [4.78, 5) is 18.2. The van der Waals surface area contributed by atoms with Crippen LogP contribution in [0.2, 0.25) is 0 Å². The molecule has 4 aromatic rings. The Bertz CT molecular complexity index is 1230. The molecule has 7 heteroatoms. The van der Waals surface area contributed by atoms with E-state index >= 15 is 0 Å². The fraction of sp³-hybridized carbons (Fsp3) is 0.0500. The summed E-state index contributed by atoms with van der Waals surface area (Å²) in [6.07, 6.45) is 1.37. The van der Waals surface area contributed by atoms with Crippen LogP contribution in [-0.2, 0) is 0 Å². The lowest BCUT2D eigenvalue weighted by atomic mass is 10.1. The maximum atomic E-state index is 13.1. The van der Waals surface area contributed by atoms with Crippen LogP contribution >= 0.6 is 11.3 Å². The predicted molar refractivity (Wildman–Crippen MR) is 107 cm³/mol. The van der Waals surface area contributed by atoms with E-state index in [9.17, 15) is 15.0 Å². The molecule has 0 saturated carbocycles. The Morgan fingerprint density at radius 2 is 1.93 bits per heavy atom. The molecule has 0 aliphatic carbocycles. The largest absolute Gasteiger partial charge is 0.508 e. The Kier molecular flexibility index (Phi) is 4.21. The molecule has 134 valence electrons. The Labute approximate surface area is 158 Å². The Hall–Kier alpha value is -3.45. The van der Waals surface area contributed by atoms with E-state index in [0.29, 0.717) is 21.6 Å². The van der Waals surface area contributed by atoms with Crippen LogP contribution < -0.4 is 5.56 Å². The first-order valence-corrected chi connectivity index (χ1v) is 9.05. The van der Waals surface area contributed by atoms with Crippen molar-refractivity contribution in [1.29, 1.82) is 0 Å². The molecule has 2 heterocycles. The minimum absolute atomic E-state index is 0.0492. The van der Waals surface area contributed by atoms with Crippen LogP contribution in [0.5, 0.6) is 11.5 Å². The molecule has 6 nitrogen and oxygen atoms in total. The van der Waals surface area contributed by atoms with Crippen molar-refractivity contribution in [1.82, 2.24) is 9.66 Å². The minimum atomic E-state index is -0.271. The Morgan fingerprint density at radius 3 is 2.67 bits per heavy atom. The van der Waals surface area contributed by atoms with Gasteiger partial charge in [-0.05, 0) is 24.6 Å². The highest BCUT2D eigenvalue weighted by Gasteiger charge is 2.15. The molecule has 0 saturated heterocycles. The molecule has 0 atom stereocenters. The summed E-state index contributed by atoms with van der Waals surface area (Å²) in [5.74, 6) is 0.273. The van der Waals surface area contributed by atoms with E-state index in [1.54, 1.807) is 6.92 Å². The Balaban J connectivity index is 1.86. The van der Waals surface area contributed by atoms with Crippen LogP contribution in [0.4, 0.5) is 0 Å². The standard InChI is InChI=1S/C20H15N3O3S/c1-12-22-19-18(16(11-27-19)13-5-3-2-4-6-13)20(26)23(12)21-10-14-7-8-15(24)9-17(14)25/h2-11,24-25H,1H3. The molecule has 0 aliphatic heterocycles. The fourth-order valence-electron chi connectivity index (χ4n) is 2.81. The molecule has 0 unspecified atom stereocenters. The van der Waals surface area contributed by atoms with Crippen molar-refractivity contribution in [2.45, 2.75) is 6.92 Å². The number of fused-ring (bicyclic) bond motifs is 1. The van der Waals surface area contributed by atoms with Gasteiger partial charge in [0.1, 0.15) is 22.2 Å². The van der Waals surface area contributed by atoms with Gasteiger partial charge < -0.3 is 10.2 Å². The quantitative estimate of drug-likeness (QED) is 0.533. The van der Waals surface area contributed by atoms with Crippen molar-refractivity contribution in [2.24, 2.45) is 5.10 Å². The van der Waals surface area contributed by atoms with E-state index < -0.39 is 0 Å². The number of aryl methyl sites for hydroxylation is 1. The SMILES string of the molecule is Cc1nc2scc(-c3ccccc3)c2c(=O)n1N=Cc1ccc(O)cc1O. The lowest BCUT2D eigenvalue weighted by Crippen LogP contribution is -2.20. The van der Waals surface area contributed by atoms with Crippen LogP contribution in [0.15, 0.2) is 63.8 Å². The first-order valence-electron chi connectivity index (χ1n) is 8.17. The second-order valence-corrected chi connectivity index (χ2v) is 6.82. The summed E-state index contributed by atoms with van der Waals surface area (Å²) in [7, 11) is 0. The number of aromatic nitrogens is 2. The van der Waals surface area contributed by atoms with Crippen molar-refractivity contribution >= 4 is 27.8 Å². The van der Waals surface area contributed by atoms with Gasteiger partial charge in [-0.2, -0.15) is 9.78 Å².